The minimum absolute atomic E-state index is 0.544. The molecule has 0 radical (unpaired) electrons. The van der Waals surface area contributed by atoms with Crippen molar-refractivity contribution in [2.75, 3.05) is 26.9 Å². The Kier molecular flexibility index (Phi) is 6.33. The minimum atomic E-state index is 0.544. The molecule has 1 fully saturated rings. The Morgan fingerprint density at radius 3 is 2.67 bits per heavy atom. The highest BCUT2D eigenvalue weighted by molar-refractivity contribution is 5.43. The van der Waals surface area contributed by atoms with E-state index in [1.54, 1.807) is 7.11 Å². The van der Waals surface area contributed by atoms with Gasteiger partial charge in [-0.3, -0.25) is 0 Å². The lowest BCUT2D eigenvalue weighted by molar-refractivity contribution is 0.0810. The van der Waals surface area contributed by atoms with Gasteiger partial charge in [0, 0.05) is 19.2 Å². The second-order valence-electron chi connectivity index (χ2n) is 5.96. The van der Waals surface area contributed by atoms with E-state index in [9.17, 15) is 0 Å². The molecule has 1 aromatic rings. The minimum Gasteiger partial charge on any atom is -0.493 e. The first-order valence-corrected chi connectivity index (χ1v) is 7.80. The maximum Gasteiger partial charge on any atom is 0.161 e. The molecule has 2 rings (SSSR count). The van der Waals surface area contributed by atoms with Gasteiger partial charge >= 0.3 is 0 Å². The molecule has 0 unspecified atom stereocenters. The van der Waals surface area contributed by atoms with Crippen LogP contribution in [0, 0.1) is 5.92 Å². The van der Waals surface area contributed by atoms with E-state index in [1.165, 1.54) is 18.4 Å². The van der Waals surface area contributed by atoms with Crippen LogP contribution in [-0.4, -0.2) is 33.0 Å². The lowest BCUT2D eigenvalue weighted by atomic mass is 10.2. The molecule has 4 heteroatoms. The molecule has 1 N–H and O–H groups in total. The number of rotatable bonds is 10. The second kappa shape index (κ2) is 8.25. The highest BCUT2D eigenvalue weighted by Gasteiger charge is 2.20. The van der Waals surface area contributed by atoms with Crippen LogP contribution < -0.4 is 14.8 Å². The van der Waals surface area contributed by atoms with E-state index in [0.29, 0.717) is 25.2 Å². The molecule has 0 heterocycles. The first-order chi connectivity index (χ1) is 10.2. The zero-order valence-electron chi connectivity index (χ0n) is 13.4. The maximum absolute atomic E-state index is 5.80. The molecule has 118 valence electrons. The van der Waals surface area contributed by atoms with Gasteiger partial charge in [-0.25, -0.2) is 0 Å². The van der Waals surface area contributed by atoms with Gasteiger partial charge in [-0.05, 0) is 36.5 Å². The molecule has 0 aromatic heterocycles. The van der Waals surface area contributed by atoms with Gasteiger partial charge in [0.25, 0.3) is 0 Å². The van der Waals surface area contributed by atoms with Gasteiger partial charge in [-0.2, -0.15) is 0 Å². The van der Waals surface area contributed by atoms with Crippen molar-refractivity contribution in [3.8, 4) is 11.5 Å². The quantitative estimate of drug-likeness (QED) is 0.673. The Balaban J connectivity index is 1.81. The highest BCUT2D eigenvalue weighted by Crippen LogP contribution is 2.28. The van der Waals surface area contributed by atoms with Crippen molar-refractivity contribution in [3.63, 3.8) is 0 Å². The molecule has 0 saturated heterocycles. The van der Waals surface area contributed by atoms with Crippen LogP contribution in [0.2, 0.25) is 0 Å². The summed E-state index contributed by atoms with van der Waals surface area (Å²) in [6, 6.07) is 6.81. The van der Waals surface area contributed by atoms with E-state index in [2.05, 4.69) is 31.3 Å². The number of hydrogen-bond acceptors (Lipinski definition) is 4. The molecule has 1 aromatic carbocycles. The van der Waals surface area contributed by atoms with E-state index in [0.717, 1.165) is 24.7 Å². The van der Waals surface area contributed by atoms with Crippen LogP contribution in [0.4, 0.5) is 0 Å². The van der Waals surface area contributed by atoms with Gasteiger partial charge in [0.1, 0.15) is 6.61 Å². The fourth-order valence-corrected chi connectivity index (χ4v) is 2.02. The SMILES string of the molecule is COc1ccc(CNC2CC2)cc1OCCOCC(C)C. The van der Waals surface area contributed by atoms with Crippen molar-refractivity contribution in [3.05, 3.63) is 23.8 Å². The topological polar surface area (TPSA) is 39.7 Å². The molecule has 0 amide bonds. The van der Waals surface area contributed by atoms with Gasteiger partial charge in [0.05, 0.1) is 13.7 Å². The third kappa shape index (κ3) is 5.94. The van der Waals surface area contributed by atoms with Gasteiger partial charge in [0.2, 0.25) is 0 Å². The Bertz CT molecular complexity index is 430. The van der Waals surface area contributed by atoms with Crippen molar-refractivity contribution < 1.29 is 14.2 Å². The standard InChI is InChI=1S/C17H27NO3/c1-13(2)12-20-8-9-21-17-10-14(4-7-16(17)19-3)11-18-15-5-6-15/h4,7,10,13,15,18H,5-6,8-9,11-12H2,1-3H3. The molecule has 0 atom stereocenters. The van der Waals surface area contributed by atoms with E-state index in [4.69, 9.17) is 14.2 Å². The fraction of sp³-hybridized carbons (Fsp3) is 0.647. The van der Waals surface area contributed by atoms with Crippen LogP contribution >= 0.6 is 0 Å². The Morgan fingerprint density at radius 1 is 1.19 bits per heavy atom. The average molecular weight is 293 g/mol. The van der Waals surface area contributed by atoms with Gasteiger partial charge in [-0.15, -0.1) is 0 Å². The van der Waals surface area contributed by atoms with E-state index in [-0.39, 0.29) is 0 Å². The van der Waals surface area contributed by atoms with Gasteiger partial charge < -0.3 is 19.5 Å². The molecule has 1 aliphatic carbocycles. The zero-order valence-corrected chi connectivity index (χ0v) is 13.4. The predicted molar refractivity (Wildman–Crippen MR) is 84.0 cm³/mol. The zero-order chi connectivity index (χ0) is 15.1. The highest BCUT2D eigenvalue weighted by atomic mass is 16.5. The summed E-state index contributed by atoms with van der Waals surface area (Å²) in [6.45, 7) is 7.08. The maximum atomic E-state index is 5.80. The number of ether oxygens (including phenoxy) is 3. The van der Waals surface area contributed by atoms with Crippen LogP contribution in [0.15, 0.2) is 18.2 Å². The third-order valence-electron chi connectivity index (χ3n) is 3.34. The normalized spacial score (nSPS) is 14.5. The Morgan fingerprint density at radius 2 is 2.00 bits per heavy atom. The van der Waals surface area contributed by atoms with Crippen LogP contribution in [0.25, 0.3) is 0 Å². The number of hydrogen-bond donors (Lipinski definition) is 1. The summed E-state index contributed by atoms with van der Waals surface area (Å²) in [5.74, 6) is 2.12. The van der Waals surface area contributed by atoms with Crippen molar-refractivity contribution in [2.24, 2.45) is 5.92 Å². The first kappa shape index (κ1) is 16.1. The molecule has 0 spiro atoms. The first-order valence-electron chi connectivity index (χ1n) is 7.80. The molecule has 21 heavy (non-hydrogen) atoms. The summed E-state index contributed by atoms with van der Waals surface area (Å²) >= 11 is 0. The van der Waals surface area contributed by atoms with E-state index in [1.807, 2.05) is 6.07 Å². The molecular formula is C17H27NO3. The summed E-state index contributed by atoms with van der Waals surface area (Å²) in [5, 5.41) is 3.51. The van der Waals surface area contributed by atoms with Crippen LogP contribution in [-0.2, 0) is 11.3 Å². The molecule has 0 aliphatic heterocycles. The smallest absolute Gasteiger partial charge is 0.161 e. The fourth-order valence-electron chi connectivity index (χ4n) is 2.02. The summed E-state index contributed by atoms with van der Waals surface area (Å²) in [4.78, 5) is 0. The van der Waals surface area contributed by atoms with Crippen LogP contribution in [0.5, 0.6) is 11.5 Å². The number of nitrogens with one attached hydrogen (secondary N) is 1. The van der Waals surface area contributed by atoms with Gasteiger partial charge in [0.15, 0.2) is 11.5 Å². The third-order valence-corrected chi connectivity index (χ3v) is 3.34. The summed E-state index contributed by atoms with van der Waals surface area (Å²) < 4.78 is 16.7. The van der Waals surface area contributed by atoms with Crippen molar-refractivity contribution in [1.82, 2.24) is 5.32 Å². The monoisotopic (exact) mass is 293 g/mol. The number of benzene rings is 1. The molecule has 1 saturated carbocycles. The molecule has 0 bridgehead atoms. The summed E-state index contributed by atoms with van der Waals surface area (Å²) in [6.07, 6.45) is 2.60. The predicted octanol–water partition coefficient (Wildman–Crippen LogP) is 3.00. The summed E-state index contributed by atoms with van der Waals surface area (Å²) in [5.41, 5.74) is 1.22. The van der Waals surface area contributed by atoms with E-state index < -0.39 is 0 Å². The molecule has 4 nitrogen and oxygen atoms in total. The molecule has 1 aliphatic rings. The number of methoxy groups -OCH3 is 1. The molecular weight excluding hydrogens is 266 g/mol. The van der Waals surface area contributed by atoms with E-state index >= 15 is 0 Å². The second-order valence-corrected chi connectivity index (χ2v) is 5.96. The van der Waals surface area contributed by atoms with Crippen molar-refractivity contribution >= 4 is 0 Å². The van der Waals surface area contributed by atoms with Crippen LogP contribution in [0.1, 0.15) is 32.3 Å². The summed E-state index contributed by atoms with van der Waals surface area (Å²) in [7, 11) is 1.67. The van der Waals surface area contributed by atoms with Crippen molar-refractivity contribution in [2.45, 2.75) is 39.3 Å². The lowest BCUT2D eigenvalue weighted by Crippen LogP contribution is -2.15. The van der Waals surface area contributed by atoms with Crippen molar-refractivity contribution in [1.29, 1.82) is 0 Å². The van der Waals surface area contributed by atoms with Gasteiger partial charge in [-0.1, -0.05) is 19.9 Å². The largest absolute Gasteiger partial charge is 0.493 e. The lowest BCUT2D eigenvalue weighted by Gasteiger charge is -2.13. The Hall–Kier alpha value is -1.26. The average Bonchev–Trinajstić information content (AvgIpc) is 3.29. The van der Waals surface area contributed by atoms with Crippen LogP contribution in [0.3, 0.4) is 0 Å². The Labute approximate surface area is 127 Å².